The minimum Gasteiger partial charge on any atom is -0.475 e. The van der Waals surface area contributed by atoms with Gasteiger partial charge < -0.3 is 10.4 Å². The Balaban J connectivity index is 2.06. The fraction of sp³-hybridized carbons (Fsp3) is 0.214. The van der Waals surface area contributed by atoms with E-state index in [0.717, 1.165) is 24.1 Å². The lowest BCUT2D eigenvalue weighted by Crippen LogP contribution is -2.06. The third-order valence-corrected chi connectivity index (χ3v) is 3.38. The Hall–Kier alpha value is -2.14. The Morgan fingerprint density at radius 1 is 1.35 bits per heavy atom. The lowest BCUT2D eigenvalue weighted by Gasteiger charge is -2.13. The second-order valence-corrected chi connectivity index (χ2v) is 5.06. The largest absolute Gasteiger partial charge is 0.475 e. The maximum absolute atomic E-state index is 11.0. The van der Waals surface area contributed by atoms with E-state index in [2.05, 4.69) is 15.3 Å². The van der Waals surface area contributed by atoms with Crippen LogP contribution in [0.2, 0.25) is 5.02 Å². The molecule has 1 aromatic carbocycles. The summed E-state index contributed by atoms with van der Waals surface area (Å²) in [5.74, 6) is -1.37. The zero-order valence-electron chi connectivity index (χ0n) is 10.5. The van der Waals surface area contributed by atoms with Crippen molar-refractivity contribution in [2.24, 2.45) is 0 Å². The standard InChI is InChI=1S/C14H12ClN3O2/c15-10-3-1-2-9(12(10)17-8-4-5-8)11-6-7-16-13(18-11)14(19)20/h1-3,6-8,17H,4-5H2,(H,19,20). The van der Waals surface area contributed by atoms with Crippen molar-refractivity contribution >= 4 is 23.3 Å². The molecule has 0 aliphatic heterocycles. The van der Waals surface area contributed by atoms with Gasteiger partial charge in [-0.15, -0.1) is 0 Å². The summed E-state index contributed by atoms with van der Waals surface area (Å²) in [5, 5.41) is 12.9. The molecule has 1 aliphatic carbocycles. The van der Waals surface area contributed by atoms with E-state index in [4.69, 9.17) is 16.7 Å². The number of aromatic nitrogens is 2. The first-order valence-corrected chi connectivity index (χ1v) is 6.64. The molecule has 0 saturated heterocycles. The summed E-state index contributed by atoms with van der Waals surface area (Å²) in [6.45, 7) is 0. The summed E-state index contributed by atoms with van der Waals surface area (Å²) in [6, 6.07) is 7.60. The van der Waals surface area contributed by atoms with Crippen LogP contribution in [0.3, 0.4) is 0 Å². The van der Waals surface area contributed by atoms with Gasteiger partial charge in [0.2, 0.25) is 5.82 Å². The number of carboxylic acids is 1. The fourth-order valence-corrected chi connectivity index (χ4v) is 2.16. The van der Waals surface area contributed by atoms with Crippen molar-refractivity contribution in [2.75, 3.05) is 5.32 Å². The first-order chi connectivity index (χ1) is 9.65. The molecule has 1 saturated carbocycles. The molecule has 0 spiro atoms. The van der Waals surface area contributed by atoms with Gasteiger partial charge >= 0.3 is 5.97 Å². The molecule has 0 atom stereocenters. The summed E-state index contributed by atoms with van der Waals surface area (Å²) >= 11 is 6.23. The number of para-hydroxylation sites is 1. The number of nitrogens with one attached hydrogen (secondary N) is 1. The Morgan fingerprint density at radius 2 is 2.15 bits per heavy atom. The maximum atomic E-state index is 11.0. The molecule has 1 aliphatic rings. The molecule has 0 amide bonds. The van der Waals surface area contributed by atoms with Crippen molar-refractivity contribution in [3.05, 3.63) is 41.3 Å². The number of carbonyl (C=O) groups is 1. The second-order valence-electron chi connectivity index (χ2n) is 4.65. The van der Waals surface area contributed by atoms with Gasteiger partial charge in [0.25, 0.3) is 0 Å². The molecule has 5 nitrogen and oxygen atoms in total. The molecule has 0 bridgehead atoms. The lowest BCUT2D eigenvalue weighted by molar-refractivity contribution is 0.0683. The van der Waals surface area contributed by atoms with Crippen LogP contribution in [0.25, 0.3) is 11.3 Å². The third kappa shape index (κ3) is 2.58. The summed E-state index contributed by atoms with van der Waals surface area (Å²) in [7, 11) is 0. The predicted molar refractivity (Wildman–Crippen MR) is 76.1 cm³/mol. The van der Waals surface area contributed by atoms with Crippen LogP contribution in [0.15, 0.2) is 30.5 Å². The maximum Gasteiger partial charge on any atom is 0.373 e. The molecule has 2 aromatic rings. The van der Waals surface area contributed by atoms with E-state index >= 15 is 0 Å². The molecule has 2 N–H and O–H groups in total. The summed E-state index contributed by atoms with van der Waals surface area (Å²) in [4.78, 5) is 18.7. The van der Waals surface area contributed by atoms with E-state index in [-0.39, 0.29) is 5.82 Å². The Labute approximate surface area is 120 Å². The van der Waals surface area contributed by atoms with Gasteiger partial charge in [-0.25, -0.2) is 14.8 Å². The summed E-state index contributed by atoms with van der Waals surface area (Å²) < 4.78 is 0. The van der Waals surface area contributed by atoms with Gasteiger partial charge in [0, 0.05) is 17.8 Å². The molecule has 0 radical (unpaired) electrons. The highest BCUT2D eigenvalue weighted by atomic mass is 35.5. The fourth-order valence-electron chi connectivity index (χ4n) is 1.93. The lowest BCUT2D eigenvalue weighted by atomic mass is 10.1. The van der Waals surface area contributed by atoms with Gasteiger partial charge in [-0.3, -0.25) is 0 Å². The third-order valence-electron chi connectivity index (χ3n) is 3.06. The molecule has 6 heteroatoms. The number of aromatic carboxylic acids is 1. The number of anilines is 1. The van der Waals surface area contributed by atoms with E-state index in [1.165, 1.54) is 6.20 Å². The van der Waals surface area contributed by atoms with E-state index in [9.17, 15) is 4.79 Å². The number of hydrogen-bond donors (Lipinski definition) is 2. The average Bonchev–Trinajstić information content (AvgIpc) is 3.25. The number of halogens is 1. The molecular formula is C14H12ClN3O2. The molecule has 3 rings (SSSR count). The van der Waals surface area contributed by atoms with Crippen LogP contribution in [0, 0.1) is 0 Å². The van der Waals surface area contributed by atoms with Crippen LogP contribution in [-0.4, -0.2) is 27.1 Å². The number of benzene rings is 1. The van der Waals surface area contributed by atoms with E-state index in [0.29, 0.717) is 16.8 Å². The van der Waals surface area contributed by atoms with Crippen LogP contribution in [0.4, 0.5) is 5.69 Å². The molecule has 102 valence electrons. The van der Waals surface area contributed by atoms with Crippen molar-refractivity contribution in [1.82, 2.24) is 9.97 Å². The van der Waals surface area contributed by atoms with Crippen molar-refractivity contribution in [2.45, 2.75) is 18.9 Å². The zero-order valence-corrected chi connectivity index (χ0v) is 11.3. The first kappa shape index (κ1) is 12.9. The smallest absolute Gasteiger partial charge is 0.373 e. The number of nitrogens with zero attached hydrogens (tertiary/aromatic N) is 2. The Kier molecular flexibility index (Phi) is 3.28. The molecule has 1 fully saturated rings. The van der Waals surface area contributed by atoms with E-state index in [1.54, 1.807) is 12.1 Å². The van der Waals surface area contributed by atoms with Crippen LogP contribution >= 0.6 is 11.6 Å². The normalized spacial score (nSPS) is 14.1. The first-order valence-electron chi connectivity index (χ1n) is 6.27. The number of rotatable bonds is 4. The van der Waals surface area contributed by atoms with Gasteiger partial charge in [-0.2, -0.15) is 0 Å². The molecule has 1 heterocycles. The monoisotopic (exact) mass is 289 g/mol. The highest BCUT2D eigenvalue weighted by Gasteiger charge is 2.23. The van der Waals surface area contributed by atoms with Crippen LogP contribution < -0.4 is 5.32 Å². The van der Waals surface area contributed by atoms with Crippen LogP contribution in [-0.2, 0) is 0 Å². The van der Waals surface area contributed by atoms with E-state index < -0.39 is 5.97 Å². The number of carboxylic acid groups (broad SMARTS) is 1. The predicted octanol–water partition coefficient (Wildman–Crippen LogP) is 3.07. The molecule has 0 unspecified atom stereocenters. The molecule has 20 heavy (non-hydrogen) atoms. The zero-order chi connectivity index (χ0) is 14.1. The Bertz CT molecular complexity index is 671. The average molecular weight is 290 g/mol. The topological polar surface area (TPSA) is 75.1 Å². The van der Waals surface area contributed by atoms with Gasteiger partial charge in [-0.1, -0.05) is 23.7 Å². The highest BCUT2D eigenvalue weighted by molar-refractivity contribution is 6.34. The van der Waals surface area contributed by atoms with Gasteiger partial charge in [0.15, 0.2) is 0 Å². The van der Waals surface area contributed by atoms with E-state index in [1.807, 2.05) is 12.1 Å². The van der Waals surface area contributed by atoms with Crippen molar-refractivity contribution in [3.8, 4) is 11.3 Å². The van der Waals surface area contributed by atoms with Crippen molar-refractivity contribution < 1.29 is 9.90 Å². The van der Waals surface area contributed by atoms with Gasteiger partial charge in [0.05, 0.1) is 16.4 Å². The van der Waals surface area contributed by atoms with Gasteiger partial charge in [0.1, 0.15) is 0 Å². The van der Waals surface area contributed by atoms with Crippen LogP contribution in [0.5, 0.6) is 0 Å². The second kappa shape index (κ2) is 5.09. The molecular weight excluding hydrogens is 278 g/mol. The molecule has 1 aromatic heterocycles. The van der Waals surface area contributed by atoms with Gasteiger partial charge in [-0.05, 0) is 25.0 Å². The SMILES string of the molecule is O=C(O)c1nccc(-c2cccc(Cl)c2NC2CC2)n1. The summed E-state index contributed by atoms with van der Waals surface area (Å²) in [6.07, 6.45) is 3.68. The minimum atomic E-state index is -1.15. The number of hydrogen-bond acceptors (Lipinski definition) is 4. The quantitative estimate of drug-likeness (QED) is 0.905. The van der Waals surface area contributed by atoms with Crippen molar-refractivity contribution in [3.63, 3.8) is 0 Å². The highest BCUT2D eigenvalue weighted by Crippen LogP contribution is 2.36. The minimum absolute atomic E-state index is 0.222. The van der Waals surface area contributed by atoms with Crippen molar-refractivity contribution in [1.29, 1.82) is 0 Å². The summed E-state index contributed by atoms with van der Waals surface area (Å²) in [5.41, 5.74) is 2.13. The van der Waals surface area contributed by atoms with Crippen LogP contribution in [0.1, 0.15) is 23.5 Å². The Morgan fingerprint density at radius 3 is 2.85 bits per heavy atom.